The molecule has 3 heterocycles. The van der Waals surface area contributed by atoms with Gasteiger partial charge in [0.05, 0.1) is 12.2 Å². The molecule has 1 aliphatic heterocycles. The Morgan fingerprint density at radius 1 is 1.14 bits per heavy atom. The van der Waals surface area contributed by atoms with E-state index in [1.54, 1.807) is 47.4 Å². The van der Waals surface area contributed by atoms with Crippen LogP contribution in [0.3, 0.4) is 0 Å². The topological polar surface area (TPSA) is 94.0 Å². The highest BCUT2D eigenvalue weighted by molar-refractivity contribution is 6.02. The summed E-state index contributed by atoms with van der Waals surface area (Å²) in [5.41, 5.74) is 0.912. The van der Waals surface area contributed by atoms with Crippen LogP contribution in [-0.2, 0) is 0 Å². The molecule has 1 amide bonds. The van der Waals surface area contributed by atoms with Crippen molar-refractivity contribution >= 4 is 36.4 Å². The number of benzene rings is 1. The molecule has 29 heavy (non-hydrogen) atoms. The maximum Gasteiger partial charge on any atom is 0.277 e. The van der Waals surface area contributed by atoms with Crippen molar-refractivity contribution in [1.82, 2.24) is 25.3 Å². The Morgan fingerprint density at radius 2 is 1.97 bits per heavy atom. The Balaban J connectivity index is 0.00000150. The molecular formula is C19H22Cl2N6O2. The number of carbonyl (C=O) groups is 1. The van der Waals surface area contributed by atoms with Crippen LogP contribution in [0.15, 0.2) is 54.9 Å². The molecule has 0 bridgehead atoms. The fourth-order valence-corrected chi connectivity index (χ4v) is 2.99. The molecule has 10 heteroatoms. The summed E-state index contributed by atoms with van der Waals surface area (Å²) >= 11 is 0. The minimum atomic E-state index is -0.301. The molecule has 1 aliphatic rings. The third kappa shape index (κ3) is 5.90. The normalized spacial score (nSPS) is 13.7. The number of pyridine rings is 1. The lowest BCUT2D eigenvalue weighted by atomic mass is 10.1. The van der Waals surface area contributed by atoms with Gasteiger partial charge in [-0.15, -0.1) is 29.9 Å². The summed E-state index contributed by atoms with van der Waals surface area (Å²) in [7, 11) is 0. The lowest BCUT2D eigenvalue weighted by Gasteiger charge is -2.22. The fourth-order valence-electron chi connectivity index (χ4n) is 2.99. The number of nitrogens with one attached hydrogen (secondary N) is 2. The number of carbonyl (C=O) groups excluding carboxylic acids is 1. The molecule has 154 valence electrons. The third-order valence-corrected chi connectivity index (χ3v) is 4.38. The van der Waals surface area contributed by atoms with E-state index < -0.39 is 0 Å². The van der Waals surface area contributed by atoms with Gasteiger partial charge < -0.3 is 15.4 Å². The zero-order valence-corrected chi connectivity index (χ0v) is 17.2. The van der Waals surface area contributed by atoms with Crippen molar-refractivity contribution in [2.24, 2.45) is 0 Å². The van der Waals surface area contributed by atoms with Gasteiger partial charge in [0, 0.05) is 24.0 Å². The highest BCUT2D eigenvalue weighted by Gasteiger charge is 2.18. The zero-order chi connectivity index (χ0) is 18.5. The summed E-state index contributed by atoms with van der Waals surface area (Å²) in [6.07, 6.45) is 5.33. The average molecular weight is 437 g/mol. The minimum Gasteiger partial charge on any atom is -0.439 e. The summed E-state index contributed by atoms with van der Waals surface area (Å²) < 4.78 is 7.48. The number of rotatable bonds is 5. The number of anilines is 1. The Kier molecular flexibility index (Phi) is 8.38. The number of nitrogens with zero attached hydrogens (tertiary/aromatic N) is 4. The molecule has 0 saturated carbocycles. The molecule has 1 aromatic carbocycles. The standard InChI is InChI=1S/C19H20N6O2.2ClH/c26-19(17-13-25(24-23-17)15-7-10-20-11-8-15)22-14-4-3-5-16(12-14)27-18-6-1-2-9-21-18;;/h1-6,9,12-13,15,20H,7-8,10-11H2,(H,22,26);2*1H. The number of piperidine rings is 1. The van der Waals surface area contributed by atoms with Gasteiger partial charge in [0.2, 0.25) is 5.88 Å². The molecule has 0 atom stereocenters. The van der Waals surface area contributed by atoms with Gasteiger partial charge in [-0.05, 0) is 44.1 Å². The Morgan fingerprint density at radius 3 is 2.72 bits per heavy atom. The van der Waals surface area contributed by atoms with Gasteiger partial charge in [0.25, 0.3) is 5.91 Å². The second-order valence-electron chi connectivity index (χ2n) is 6.32. The minimum absolute atomic E-state index is 0. The summed E-state index contributed by atoms with van der Waals surface area (Å²) in [6.45, 7) is 1.91. The highest BCUT2D eigenvalue weighted by atomic mass is 35.5. The van der Waals surface area contributed by atoms with Gasteiger partial charge in [-0.2, -0.15) is 0 Å². The van der Waals surface area contributed by atoms with Gasteiger partial charge >= 0.3 is 0 Å². The quantitative estimate of drug-likeness (QED) is 0.635. The van der Waals surface area contributed by atoms with Gasteiger partial charge in [-0.3, -0.25) is 4.79 Å². The molecule has 4 rings (SSSR count). The molecule has 0 aliphatic carbocycles. The van der Waals surface area contributed by atoms with Crippen LogP contribution < -0.4 is 15.4 Å². The number of amides is 1. The number of hydrogen-bond donors (Lipinski definition) is 2. The molecule has 0 spiro atoms. The van der Waals surface area contributed by atoms with E-state index in [1.807, 2.05) is 12.1 Å². The lowest BCUT2D eigenvalue weighted by Crippen LogP contribution is -2.29. The van der Waals surface area contributed by atoms with Crippen LogP contribution in [-0.4, -0.2) is 39.0 Å². The van der Waals surface area contributed by atoms with Crippen LogP contribution in [0.1, 0.15) is 29.4 Å². The lowest BCUT2D eigenvalue weighted by molar-refractivity contribution is 0.102. The van der Waals surface area contributed by atoms with E-state index in [0.29, 0.717) is 23.0 Å². The fraction of sp³-hybridized carbons (Fsp3) is 0.263. The van der Waals surface area contributed by atoms with Gasteiger partial charge in [-0.25, -0.2) is 9.67 Å². The first-order valence-electron chi connectivity index (χ1n) is 8.91. The SMILES string of the molecule is Cl.Cl.O=C(Nc1cccc(Oc2ccccn2)c1)c1cn(C2CCNCC2)nn1. The van der Waals surface area contributed by atoms with E-state index >= 15 is 0 Å². The van der Waals surface area contributed by atoms with Crippen LogP contribution >= 0.6 is 24.8 Å². The van der Waals surface area contributed by atoms with Gasteiger partial charge in [0.15, 0.2) is 5.69 Å². The van der Waals surface area contributed by atoms with Crippen LogP contribution in [0.2, 0.25) is 0 Å². The molecule has 2 aromatic heterocycles. The largest absolute Gasteiger partial charge is 0.439 e. The first-order valence-corrected chi connectivity index (χ1v) is 8.91. The van der Waals surface area contributed by atoms with Crippen LogP contribution in [0.25, 0.3) is 0 Å². The van der Waals surface area contributed by atoms with E-state index in [-0.39, 0.29) is 36.8 Å². The van der Waals surface area contributed by atoms with Crippen LogP contribution in [0, 0.1) is 0 Å². The number of ether oxygens (including phenoxy) is 1. The van der Waals surface area contributed by atoms with Crippen molar-refractivity contribution < 1.29 is 9.53 Å². The predicted molar refractivity (Wildman–Crippen MR) is 114 cm³/mol. The number of aromatic nitrogens is 4. The van der Waals surface area contributed by atoms with Crippen molar-refractivity contribution in [2.45, 2.75) is 18.9 Å². The van der Waals surface area contributed by atoms with E-state index in [1.165, 1.54) is 0 Å². The van der Waals surface area contributed by atoms with Crippen molar-refractivity contribution in [2.75, 3.05) is 18.4 Å². The predicted octanol–water partition coefficient (Wildman–Crippen LogP) is 3.49. The van der Waals surface area contributed by atoms with Crippen LogP contribution in [0.5, 0.6) is 11.6 Å². The Hall–Kier alpha value is -2.68. The maximum atomic E-state index is 12.5. The maximum absolute atomic E-state index is 12.5. The van der Waals surface area contributed by atoms with Crippen molar-refractivity contribution in [1.29, 1.82) is 0 Å². The van der Waals surface area contributed by atoms with Gasteiger partial charge in [0.1, 0.15) is 5.75 Å². The van der Waals surface area contributed by atoms with Crippen molar-refractivity contribution in [3.63, 3.8) is 0 Å². The Bertz CT molecular complexity index is 916. The highest BCUT2D eigenvalue weighted by Crippen LogP contribution is 2.23. The number of hydrogen-bond acceptors (Lipinski definition) is 6. The molecular weight excluding hydrogens is 415 g/mol. The zero-order valence-electron chi connectivity index (χ0n) is 15.5. The molecule has 8 nitrogen and oxygen atoms in total. The molecule has 0 unspecified atom stereocenters. The Labute approximate surface area is 180 Å². The molecule has 3 aromatic rings. The summed E-state index contributed by atoms with van der Waals surface area (Å²) in [4.78, 5) is 16.6. The van der Waals surface area contributed by atoms with E-state index in [0.717, 1.165) is 25.9 Å². The van der Waals surface area contributed by atoms with E-state index in [2.05, 4.69) is 25.9 Å². The third-order valence-electron chi connectivity index (χ3n) is 4.38. The monoisotopic (exact) mass is 436 g/mol. The van der Waals surface area contributed by atoms with Gasteiger partial charge in [-0.1, -0.05) is 17.3 Å². The smallest absolute Gasteiger partial charge is 0.277 e. The number of halogens is 2. The second kappa shape index (κ2) is 10.8. The molecule has 1 saturated heterocycles. The van der Waals surface area contributed by atoms with Crippen LogP contribution in [0.4, 0.5) is 5.69 Å². The summed E-state index contributed by atoms with van der Waals surface area (Å²) in [5, 5.41) is 14.3. The second-order valence-corrected chi connectivity index (χ2v) is 6.32. The van der Waals surface area contributed by atoms with E-state index in [4.69, 9.17) is 4.74 Å². The molecule has 0 radical (unpaired) electrons. The first kappa shape index (κ1) is 22.6. The van der Waals surface area contributed by atoms with E-state index in [9.17, 15) is 4.79 Å². The summed E-state index contributed by atoms with van der Waals surface area (Å²) in [5.74, 6) is 0.779. The van der Waals surface area contributed by atoms with Crippen molar-refractivity contribution in [3.8, 4) is 11.6 Å². The van der Waals surface area contributed by atoms with Crippen molar-refractivity contribution in [3.05, 3.63) is 60.6 Å². The first-order chi connectivity index (χ1) is 13.3. The molecule has 1 fully saturated rings. The average Bonchev–Trinajstić information content (AvgIpc) is 3.20. The summed E-state index contributed by atoms with van der Waals surface area (Å²) in [6, 6.07) is 12.9. The molecule has 2 N–H and O–H groups in total.